The number of hydrogen-bond acceptors (Lipinski definition) is 8. The average Bonchev–Trinajstić information content (AvgIpc) is 2.73. The lowest BCUT2D eigenvalue weighted by molar-refractivity contribution is 0.0468. The van der Waals surface area contributed by atoms with Crippen molar-refractivity contribution >= 4 is 0 Å². The van der Waals surface area contributed by atoms with E-state index in [1.165, 1.54) is 28.4 Å². The third-order valence-corrected chi connectivity index (χ3v) is 5.48. The first-order chi connectivity index (χ1) is 13.9. The largest absolute Gasteiger partial charge is 0.502 e. The Morgan fingerprint density at radius 2 is 1.41 bits per heavy atom. The highest BCUT2D eigenvalue weighted by atomic mass is 16.5. The fourth-order valence-electron chi connectivity index (χ4n) is 4.04. The van der Waals surface area contributed by atoms with Crippen molar-refractivity contribution in [2.45, 2.75) is 18.4 Å². The van der Waals surface area contributed by atoms with Gasteiger partial charge in [-0.2, -0.15) is 0 Å². The molecule has 0 bridgehead atoms. The molecule has 8 heteroatoms. The summed E-state index contributed by atoms with van der Waals surface area (Å²) in [5.74, 6) is -0.673. The first kappa shape index (κ1) is 20.9. The number of aliphatic hydroxyl groups excluding tert-OH is 2. The maximum atomic E-state index is 11.1. The van der Waals surface area contributed by atoms with Crippen LogP contribution in [0.5, 0.6) is 34.5 Å². The summed E-state index contributed by atoms with van der Waals surface area (Å²) in [5.41, 5.74) is 1.93. The summed E-state index contributed by atoms with van der Waals surface area (Å²) in [4.78, 5) is 0. The molecule has 29 heavy (non-hydrogen) atoms. The zero-order chi connectivity index (χ0) is 21.3. The van der Waals surface area contributed by atoms with Crippen LogP contribution in [-0.4, -0.2) is 61.6 Å². The first-order valence-corrected chi connectivity index (χ1v) is 9.12. The van der Waals surface area contributed by atoms with Crippen LogP contribution in [0.1, 0.15) is 22.6 Å². The zero-order valence-electron chi connectivity index (χ0n) is 16.8. The van der Waals surface area contributed by atoms with Gasteiger partial charge >= 0.3 is 0 Å². The number of phenolic OH excluding ortho intramolecular Hbond substituents is 2. The minimum absolute atomic E-state index is 0.160. The lowest BCUT2D eigenvalue weighted by Gasteiger charge is -2.37. The molecule has 0 aliphatic heterocycles. The zero-order valence-corrected chi connectivity index (χ0v) is 16.8. The van der Waals surface area contributed by atoms with Crippen molar-refractivity contribution < 1.29 is 39.4 Å². The van der Waals surface area contributed by atoms with Crippen molar-refractivity contribution in [3.8, 4) is 34.5 Å². The molecule has 0 spiro atoms. The van der Waals surface area contributed by atoms with Gasteiger partial charge in [-0.3, -0.25) is 0 Å². The first-order valence-electron chi connectivity index (χ1n) is 9.12. The number of aliphatic hydroxyl groups is 2. The summed E-state index contributed by atoms with van der Waals surface area (Å²) in [6.45, 7) is -0.227. The van der Waals surface area contributed by atoms with Gasteiger partial charge in [-0.05, 0) is 35.7 Å². The lowest BCUT2D eigenvalue weighted by atomic mass is 9.71. The van der Waals surface area contributed by atoms with E-state index in [1.54, 1.807) is 18.2 Å². The van der Waals surface area contributed by atoms with Crippen LogP contribution in [0.15, 0.2) is 18.2 Å². The van der Waals surface area contributed by atoms with Crippen molar-refractivity contribution in [3.05, 3.63) is 34.9 Å². The van der Waals surface area contributed by atoms with Gasteiger partial charge in [0.05, 0.1) is 34.5 Å². The molecule has 0 radical (unpaired) electrons. The topological polar surface area (TPSA) is 118 Å². The van der Waals surface area contributed by atoms with E-state index in [0.29, 0.717) is 17.5 Å². The Hall–Kier alpha value is -2.84. The second kappa shape index (κ2) is 8.26. The number of fused-ring (bicyclic) bond motifs is 1. The number of benzene rings is 2. The van der Waals surface area contributed by atoms with Crippen molar-refractivity contribution in [1.82, 2.24) is 0 Å². The molecule has 3 unspecified atom stereocenters. The Morgan fingerprint density at radius 1 is 0.862 bits per heavy atom. The number of phenols is 2. The second-order valence-electron chi connectivity index (χ2n) is 6.92. The highest BCUT2D eigenvalue weighted by Gasteiger charge is 2.40. The van der Waals surface area contributed by atoms with E-state index in [0.717, 1.165) is 5.56 Å². The minimum Gasteiger partial charge on any atom is -0.502 e. The SMILES string of the molecule is COc1cc(C2c3c(cc(OC)c(O)c3OC)CC(CO)C2O)cc(OC)c1O. The third kappa shape index (κ3) is 3.38. The smallest absolute Gasteiger partial charge is 0.201 e. The minimum atomic E-state index is -0.979. The normalized spacial score (nSPS) is 20.7. The monoisotopic (exact) mass is 406 g/mol. The molecule has 1 aliphatic carbocycles. The van der Waals surface area contributed by atoms with Crippen LogP contribution in [-0.2, 0) is 6.42 Å². The molecule has 0 saturated carbocycles. The Labute approximate surface area is 168 Å². The highest BCUT2D eigenvalue weighted by Crippen LogP contribution is 2.52. The van der Waals surface area contributed by atoms with E-state index in [4.69, 9.17) is 18.9 Å². The van der Waals surface area contributed by atoms with Crippen LogP contribution >= 0.6 is 0 Å². The molecular formula is C21H26O8. The fourth-order valence-corrected chi connectivity index (χ4v) is 4.04. The molecule has 0 amide bonds. The molecule has 3 atom stereocenters. The molecule has 158 valence electrons. The summed E-state index contributed by atoms with van der Waals surface area (Å²) in [7, 11) is 5.69. The Balaban J connectivity index is 2.31. The van der Waals surface area contributed by atoms with Crippen LogP contribution < -0.4 is 18.9 Å². The van der Waals surface area contributed by atoms with Gasteiger partial charge in [0, 0.05) is 24.0 Å². The maximum absolute atomic E-state index is 11.1. The molecule has 3 rings (SSSR count). The number of ether oxygens (including phenoxy) is 4. The molecule has 0 aromatic heterocycles. The Morgan fingerprint density at radius 3 is 1.90 bits per heavy atom. The number of aromatic hydroxyl groups is 2. The molecule has 1 aliphatic rings. The quantitative estimate of drug-likeness (QED) is 0.574. The van der Waals surface area contributed by atoms with Gasteiger partial charge < -0.3 is 39.4 Å². The Kier molecular flexibility index (Phi) is 5.95. The van der Waals surface area contributed by atoms with Crippen LogP contribution in [0, 0.1) is 5.92 Å². The van der Waals surface area contributed by atoms with E-state index in [9.17, 15) is 20.4 Å². The van der Waals surface area contributed by atoms with E-state index < -0.39 is 17.9 Å². The predicted octanol–water partition coefficient (Wildman–Crippen LogP) is 1.79. The summed E-state index contributed by atoms with van der Waals surface area (Å²) in [6, 6.07) is 4.87. The number of hydrogen-bond donors (Lipinski definition) is 4. The number of rotatable bonds is 6. The van der Waals surface area contributed by atoms with E-state index in [1.807, 2.05) is 0 Å². The predicted molar refractivity (Wildman–Crippen MR) is 105 cm³/mol. The van der Waals surface area contributed by atoms with Crippen LogP contribution in [0.4, 0.5) is 0 Å². The molecule has 0 saturated heterocycles. The third-order valence-electron chi connectivity index (χ3n) is 5.48. The Bertz CT molecular complexity index is 870. The molecule has 2 aromatic rings. The van der Waals surface area contributed by atoms with E-state index >= 15 is 0 Å². The van der Waals surface area contributed by atoms with Crippen LogP contribution in [0.25, 0.3) is 0 Å². The van der Waals surface area contributed by atoms with Crippen molar-refractivity contribution in [3.63, 3.8) is 0 Å². The van der Waals surface area contributed by atoms with E-state index in [-0.39, 0.29) is 41.1 Å². The van der Waals surface area contributed by atoms with Gasteiger partial charge in [-0.15, -0.1) is 0 Å². The maximum Gasteiger partial charge on any atom is 0.201 e. The fraction of sp³-hybridized carbons (Fsp3) is 0.429. The summed E-state index contributed by atoms with van der Waals surface area (Å²) < 4.78 is 21.2. The van der Waals surface area contributed by atoms with Crippen LogP contribution in [0.3, 0.4) is 0 Å². The highest BCUT2D eigenvalue weighted by molar-refractivity contribution is 5.64. The standard InChI is InChI=1S/C21H26O8/c1-26-13-7-11(8-14(27-2)19(13)24)16-17-10(5-12(9-22)18(16)23)6-15(28-3)20(25)21(17)29-4/h6-8,12,16,18,22-25H,5,9H2,1-4H3. The summed E-state index contributed by atoms with van der Waals surface area (Å²) in [5, 5.41) is 41.8. The number of methoxy groups -OCH3 is 4. The molecular weight excluding hydrogens is 380 g/mol. The van der Waals surface area contributed by atoms with Gasteiger partial charge in [0.2, 0.25) is 11.5 Å². The molecule has 8 nitrogen and oxygen atoms in total. The average molecular weight is 406 g/mol. The van der Waals surface area contributed by atoms with Crippen LogP contribution in [0.2, 0.25) is 0 Å². The summed E-state index contributed by atoms with van der Waals surface area (Å²) in [6.07, 6.45) is -0.601. The molecule has 2 aromatic carbocycles. The van der Waals surface area contributed by atoms with Gasteiger partial charge in [0.25, 0.3) is 0 Å². The van der Waals surface area contributed by atoms with E-state index in [2.05, 4.69) is 0 Å². The lowest BCUT2D eigenvalue weighted by Crippen LogP contribution is -2.37. The van der Waals surface area contributed by atoms with Crippen molar-refractivity contribution in [1.29, 1.82) is 0 Å². The summed E-state index contributed by atoms with van der Waals surface area (Å²) >= 11 is 0. The molecule has 0 heterocycles. The van der Waals surface area contributed by atoms with Gasteiger partial charge in [0.15, 0.2) is 23.0 Å². The van der Waals surface area contributed by atoms with Crippen molar-refractivity contribution in [2.24, 2.45) is 5.92 Å². The van der Waals surface area contributed by atoms with Gasteiger partial charge in [-0.1, -0.05) is 0 Å². The molecule has 0 fully saturated rings. The van der Waals surface area contributed by atoms with Gasteiger partial charge in [-0.25, -0.2) is 0 Å². The van der Waals surface area contributed by atoms with Gasteiger partial charge in [0.1, 0.15) is 0 Å². The van der Waals surface area contributed by atoms with Crippen molar-refractivity contribution in [2.75, 3.05) is 35.0 Å². The molecule has 4 N–H and O–H groups in total. The second-order valence-corrected chi connectivity index (χ2v) is 6.92.